The number of nitrogens with zero attached hydrogens (tertiary/aromatic N) is 2. The van der Waals surface area contributed by atoms with E-state index in [2.05, 4.69) is 33.5 Å². The minimum Gasteiger partial charge on any atom is -0.444 e. The van der Waals surface area contributed by atoms with Crippen molar-refractivity contribution in [3.63, 3.8) is 0 Å². The number of hydrogen-bond acceptors (Lipinski definition) is 9. The monoisotopic (exact) mass is 624 g/mol. The van der Waals surface area contributed by atoms with Gasteiger partial charge in [0.15, 0.2) is 10.6 Å². The number of Topliss-reactive ketones (excluding diaryl/α,β-unsaturated/α-hetero) is 1. The summed E-state index contributed by atoms with van der Waals surface area (Å²) in [5.74, 6) is 7.09. The Bertz CT molecular complexity index is 1880. The van der Waals surface area contributed by atoms with E-state index in [-0.39, 0.29) is 11.3 Å². The second-order valence-electron chi connectivity index (χ2n) is 11.7. The van der Waals surface area contributed by atoms with Crippen molar-refractivity contribution in [1.82, 2.24) is 15.3 Å². The van der Waals surface area contributed by atoms with Gasteiger partial charge in [0, 0.05) is 28.4 Å². The maximum atomic E-state index is 13.4. The first-order chi connectivity index (χ1) is 21.3. The number of rotatable bonds is 5. The number of thiazole rings is 1. The summed E-state index contributed by atoms with van der Waals surface area (Å²) in [5.41, 5.74) is 3.49. The van der Waals surface area contributed by atoms with Crippen LogP contribution in [0.3, 0.4) is 0 Å². The van der Waals surface area contributed by atoms with Crippen LogP contribution >= 0.6 is 23.1 Å². The number of pyridine rings is 1. The van der Waals surface area contributed by atoms with Crippen molar-refractivity contribution in [3.05, 3.63) is 81.3 Å². The van der Waals surface area contributed by atoms with Crippen LogP contribution in [0.15, 0.2) is 62.3 Å². The molecule has 0 bridgehead atoms. The number of aromatic nitrogens is 2. The first kappa shape index (κ1) is 28.8. The van der Waals surface area contributed by atoms with E-state index in [0.717, 1.165) is 58.2 Å². The number of carbonyl (C=O) groups is 2. The van der Waals surface area contributed by atoms with Crippen LogP contribution in [0.25, 0.3) is 11.0 Å². The summed E-state index contributed by atoms with van der Waals surface area (Å²) in [4.78, 5) is 36.4. The number of ether oxygens (including phenoxy) is 1. The van der Waals surface area contributed by atoms with Gasteiger partial charge in [-0.05, 0) is 82.0 Å². The molecule has 3 aliphatic rings. The van der Waals surface area contributed by atoms with Crippen molar-refractivity contribution < 1.29 is 18.7 Å². The highest BCUT2D eigenvalue weighted by Crippen LogP contribution is 2.61. The van der Waals surface area contributed by atoms with Crippen LogP contribution in [0.1, 0.15) is 66.3 Å². The minimum atomic E-state index is -0.605. The van der Waals surface area contributed by atoms with E-state index in [4.69, 9.17) is 14.1 Å². The molecule has 10 heteroatoms. The molecule has 2 saturated carbocycles. The number of hydrogen-bond donors (Lipinski definition) is 2. The molecule has 8 nitrogen and oxygen atoms in total. The molecule has 2 aliphatic carbocycles. The average Bonchev–Trinajstić information content (AvgIpc) is 3.91. The Kier molecular flexibility index (Phi) is 7.57. The van der Waals surface area contributed by atoms with Gasteiger partial charge in [-0.25, -0.2) is 9.78 Å². The molecule has 1 aliphatic heterocycles. The van der Waals surface area contributed by atoms with Gasteiger partial charge in [0.1, 0.15) is 17.6 Å². The lowest BCUT2D eigenvalue weighted by Crippen LogP contribution is -2.24. The quantitative estimate of drug-likeness (QED) is 0.223. The van der Waals surface area contributed by atoms with Crippen molar-refractivity contribution in [2.24, 2.45) is 11.3 Å². The number of furan rings is 1. The third kappa shape index (κ3) is 5.56. The van der Waals surface area contributed by atoms with Crippen molar-refractivity contribution in [2.45, 2.75) is 62.8 Å². The third-order valence-corrected chi connectivity index (χ3v) is 11.2. The van der Waals surface area contributed by atoms with Crippen molar-refractivity contribution >= 4 is 51.6 Å². The summed E-state index contributed by atoms with van der Waals surface area (Å²) in [6, 6.07) is 9.94. The predicted molar refractivity (Wildman–Crippen MR) is 172 cm³/mol. The highest BCUT2D eigenvalue weighted by molar-refractivity contribution is 8.04. The first-order valence-corrected chi connectivity index (χ1v) is 16.5. The van der Waals surface area contributed by atoms with E-state index in [1.807, 2.05) is 45.0 Å². The standard InChI is InChI=1S/C34H32N4O4S2/c1-19-7-4-5-8-22(19)21(3)41-33(40)38-30-23-12-16-35-18-27(23)42-26(30)10-11-29-37-20(2)32(44-29)43-28-9-6-15-36-25-17-24(25)31(39)34(28)13-14-34/h4-5,7-9,12,16,18,21,24-25,36H,6,13-15,17H2,1-3H3,(H,38,40)/b28-9+. The van der Waals surface area contributed by atoms with Gasteiger partial charge in [0.2, 0.25) is 5.76 Å². The molecule has 3 unspecified atom stereocenters. The number of allylic oxidation sites excluding steroid dienone is 1. The maximum absolute atomic E-state index is 13.4. The summed E-state index contributed by atoms with van der Waals surface area (Å²) < 4.78 is 12.8. The van der Waals surface area contributed by atoms with Crippen LogP contribution in [0.4, 0.5) is 10.5 Å². The van der Waals surface area contributed by atoms with Crippen molar-refractivity contribution in [2.75, 3.05) is 11.9 Å². The molecule has 4 aromatic rings. The lowest BCUT2D eigenvalue weighted by molar-refractivity contribution is -0.124. The number of nitrogens with one attached hydrogen (secondary N) is 2. The van der Waals surface area contributed by atoms with E-state index in [0.29, 0.717) is 39.2 Å². The molecule has 224 valence electrons. The summed E-state index contributed by atoms with van der Waals surface area (Å²) in [5, 5.41) is 7.68. The number of benzene rings is 1. The van der Waals surface area contributed by atoms with Crippen molar-refractivity contribution in [1.29, 1.82) is 0 Å². The van der Waals surface area contributed by atoms with Gasteiger partial charge in [0.25, 0.3) is 0 Å². The van der Waals surface area contributed by atoms with Gasteiger partial charge >= 0.3 is 6.09 Å². The second kappa shape index (κ2) is 11.5. The lowest BCUT2D eigenvalue weighted by atomic mass is 9.96. The number of amides is 1. The molecule has 4 heterocycles. The Morgan fingerprint density at radius 3 is 2.91 bits per heavy atom. The summed E-state index contributed by atoms with van der Waals surface area (Å²) >= 11 is 3.18. The Morgan fingerprint density at radius 2 is 2.09 bits per heavy atom. The largest absolute Gasteiger partial charge is 0.444 e. The van der Waals surface area contributed by atoms with Gasteiger partial charge < -0.3 is 14.5 Å². The normalized spacial score (nSPS) is 22.0. The summed E-state index contributed by atoms with van der Waals surface area (Å²) in [7, 11) is 0. The highest BCUT2D eigenvalue weighted by Gasteiger charge is 2.59. The van der Waals surface area contributed by atoms with E-state index in [1.165, 1.54) is 11.3 Å². The number of carbonyl (C=O) groups excluding carboxylic acids is 2. The van der Waals surface area contributed by atoms with Crippen LogP contribution < -0.4 is 10.6 Å². The molecule has 1 aromatic carbocycles. The molecular formula is C34H32N4O4S2. The number of aryl methyl sites for hydroxylation is 2. The minimum absolute atomic E-state index is 0.161. The van der Waals surface area contributed by atoms with Gasteiger partial charge in [-0.2, -0.15) is 0 Å². The Morgan fingerprint density at radius 1 is 1.25 bits per heavy atom. The summed E-state index contributed by atoms with van der Waals surface area (Å²) in [6.07, 6.45) is 8.17. The van der Waals surface area contributed by atoms with Crippen LogP contribution in [0, 0.1) is 37.0 Å². The molecule has 0 radical (unpaired) electrons. The second-order valence-corrected chi connectivity index (χ2v) is 14.0. The maximum Gasteiger partial charge on any atom is 0.412 e. The molecular weight excluding hydrogens is 593 g/mol. The zero-order valence-corrected chi connectivity index (χ0v) is 26.4. The lowest BCUT2D eigenvalue weighted by Gasteiger charge is -2.17. The highest BCUT2D eigenvalue weighted by atomic mass is 32.2. The molecule has 2 N–H and O–H groups in total. The van der Waals surface area contributed by atoms with Crippen LogP contribution in [0.2, 0.25) is 0 Å². The number of ketones is 1. The fourth-order valence-electron chi connectivity index (χ4n) is 5.91. The molecule has 3 aromatic heterocycles. The van der Waals surface area contributed by atoms with E-state index < -0.39 is 12.2 Å². The molecule has 0 saturated heterocycles. The van der Waals surface area contributed by atoms with E-state index in [9.17, 15) is 9.59 Å². The summed E-state index contributed by atoms with van der Waals surface area (Å²) in [6.45, 7) is 6.70. The van der Waals surface area contributed by atoms with Crippen LogP contribution in [-0.4, -0.2) is 34.4 Å². The molecule has 44 heavy (non-hydrogen) atoms. The molecule has 2 fully saturated rings. The molecule has 1 spiro atoms. The van der Waals surface area contributed by atoms with Gasteiger partial charge in [-0.3, -0.25) is 15.1 Å². The molecule has 7 rings (SSSR count). The zero-order chi connectivity index (χ0) is 30.4. The molecule has 1 amide bonds. The fraction of sp³-hybridized carbons (Fsp3) is 0.353. The Hall–Kier alpha value is -3.91. The van der Waals surface area contributed by atoms with Gasteiger partial charge in [-0.1, -0.05) is 53.4 Å². The number of thioether (sulfide) groups is 1. The third-order valence-electron chi connectivity index (χ3n) is 8.57. The number of anilines is 1. The van der Waals surface area contributed by atoms with Crippen LogP contribution in [-0.2, 0) is 9.53 Å². The van der Waals surface area contributed by atoms with E-state index >= 15 is 0 Å². The Labute approximate surface area is 264 Å². The Balaban J connectivity index is 1.12. The fourth-order valence-corrected chi connectivity index (χ4v) is 8.33. The predicted octanol–water partition coefficient (Wildman–Crippen LogP) is 7.32. The van der Waals surface area contributed by atoms with E-state index in [1.54, 1.807) is 30.2 Å². The van der Waals surface area contributed by atoms with Gasteiger partial charge in [-0.15, -0.1) is 0 Å². The van der Waals surface area contributed by atoms with Crippen LogP contribution in [0.5, 0.6) is 0 Å². The van der Waals surface area contributed by atoms with Crippen molar-refractivity contribution in [3.8, 4) is 11.8 Å². The topological polar surface area (TPSA) is 106 Å². The SMILES string of the molecule is Cc1ccccc1C(C)OC(=O)Nc1c(C#Cc2nc(C)c(S/C3=C/CCNC4CC4C(=O)C34CC4)s2)oc2cnccc12. The molecule has 3 atom stereocenters. The average molecular weight is 625 g/mol. The first-order valence-electron chi connectivity index (χ1n) is 14.9. The smallest absolute Gasteiger partial charge is 0.412 e. The zero-order valence-electron chi connectivity index (χ0n) is 24.7. The number of fused-ring (bicyclic) bond motifs is 2. The van der Waals surface area contributed by atoms with Gasteiger partial charge in [0.05, 0.1) is 21.5 Å².